The van der Waals surface area contributed by atoms with Crippen molar-refractivity contribution < 1.29 is 4.42 Å². The van der Waals surface area contributed by atoms with Crippen molar-refractivity contribution in [3.63, 3.8) is 0 Å². The molecule has 1 N–H and O–H groups in total. The molecular formula is C16H21ClN2O. The van der Waals surface area contributed by atoms with E-state index < -0.39 is 0 Å². The Hall–Kier alpha value is -1.29. The fraction of sp³-hybridized carbons (Fsp3) is 0.375. The highest BCUT2D eigenvalue weighted by Crippen LogP contribution is 2.17. The van der Waals surface area contributed by atoms with Crippen molar-refractivity contribution in [1.82, 2.24) is 10.2 Å². The molecule has 0 bridgehead atoms. The maximum Gasteiger partial charge on any atom is 0.120 e. The molecule has 0 fully saturated rings. The second-order valence-electron chi connectivity index (χ2n) is 5.15. The van der Waals surface area contributed by atoms with E-state index in [9.17, 15) is 0 Å². The third-order valence-corrected chi connectivity index (χ3v) is 3.45. The fourth-order valence-corrected chi connectivity index (χ4v) is 2.35. The first kappa shape index (κ1) is 15.1. The third-order valence-electron chi connectivity index (χ3n) is 3.20. The number of benzene rings is 1. The van der Waals surface area contributed by atoms with Crippen molar-refractivity contribution in [1.29, 1.82) is 0 Å². The average Bonchev–Trinajstić information content (AvgIpc) is 2.73. The molecular weight excluding hydrogens is 272 g/mol. The molecule has 0 atom stereocenters. The second kappa shape index (κ2) is 6.93. The van der Waals surface area contributed by atoms with Gasteiger partial charge >= 0.3 is 0 Å². The predicted molar refractivity (Wildman–Crippen MR) is 82.8 cm³/mol. The number of halogens is 1. The summed E-state index contributed by atoms with van der Waals surface area (Å²) in [5.41, 5.74) is 2.45. The molecule has 20 heavy (non-hydrogen) atoms. The summed E-state index contributed by atoms with van der Waals surface area (Å²) in [5, 5.41) is 3.89. The van der Waals surface area contributed by atoms with Gasteiger partial charge in [0, 0.05) is 11.6 Å². The summed E-state index contributed by atoms with van der Waals surface area (Å²) in [4.78, 5) is 2.23. The molecule has 1 heterocycles. The van der Waals surface area contributed by atoms with Gasteiger partial charge in [-0.25, -0.2) is 0 Å². The Bertz CT molecular complexity index is 548. The lowest BCUT2D eigenvalue weighted by molar-refractivity contribution is 0.283. The zero-order valence-corrected chi connectivity index (χ0v) is 13.0. The molecule has 0 spiro atoms. The SMILES string of the molecule is CNCc1oc(CN(C)Cc2ccc(Cl)cc2)cc1C. The molecule has 0 aliphatic heterocycles. The molecule has 1 aromatic heterocycles. The maximum absolute atomic E-state index is 5.89. The van der Waals surface area contributed by atoms with Crippen LogP contribution in [0.1, 0.15) is 22.6 Å². The number of rotatable bonds is 6. The number of aryl methyl sites for hydroxylation is 1. The van der Waals surface area contributed by atoms with Gasteiger partial charge in [-0.2, -0.15) is 0 Å². The lowest BCUT2D eigenvalue weighted by Crippen LogP contribution is -2.16. The average molecular weight is 293 g/mol. The van der Waals surface area contributed by atoms with Gasteiger partial charge < -0.3 is 9.73 Å². The first-order chi connectivity index (χ1) is 9.58. The Kier molecular flexibility index (Phi) is 5.24. The summed E-state index contributed by atoms with van der Waals surface area (Å²) in [6.07, 6.45) is 0. The van der Waals surface area contributed by atoms with Crippen LogP contribution in [0, 0.1) is 6.92 Å². The van der Waals surface area contributed by atoms with Crippen LogP contribution in [0.3, 0.4) is 0 Å². The minimum absolute atomic E-state index is 0.771. The lowest BCUT2D eigenvalue weighted by atomic mass is 10.2. The Labute approximate surface area is 125 Å². The van der Waals surface area contributed by atoms with E-state index in [0.29, 0.717) is 0 Å². The Balaban J connectivity index is 1.95. The van der Waals surface area contributed by atoms with Gasteiger partial charge in [0.1, 0.15) is 11.5 Å². The fourth-order valence-electron chi connectivity index (χ4n) is 2.23. The number of nitrogens with zero attached hydrogens (tertiary/aromatic N) is 1. The van der Waals surface area contributed by atoms with Crippen molar-refractivity contribution in [3.8, 4) is 0 Å². The molecule has 0 radical (unpaired) electrons. The number of furan rings is 1. The van der Waals surface area contributed by atoms with Crippen molar-refractivity contribution >= 4 is 11.6 Å². The molecule has 108 valence electrons. The molecule has 3 nitrogen and oxygen atoms in total. The van der Waals surface area contributed by atoms with Gasteiger partial charge in [0.15, 0.2) is 0 Å². The summed E-state index contributed by atoms with van der Waals surface area (Å²) < 4.78 is 5.86. The maximum atomic E-state index is 5.89. The zero-order chi connectivity index (χ0) is 14.5. The topological polar surface area (TPSA) is 28.4 Å². The van der Waals surface area contributed by atoms with Crippen LogP contribution in [0.4, 0.5) is 0 Å². The highest BCUT2D eigenvalue weighted by molar-refractivity contribution is 6.30. The molecule has 0 saturated carbocycles. The monoisotopic (exact) mass is 292 g/mol. The molecule has 1 aromatic carbocycles. The van der Waals surface area contributed by atoms with Crippen LogP contribution in [0.25, 0.3) is 0 Å². The quantitative estimate of drug-likeness (QED) is 0.882. The minimum Gasteiger partial charge on any atom is -0.463 e. The normalized spacial score (nSPS) is 11.2. The third kappa shape index (κ3) is 4.10. The number of nitrogens with one attached hydrogen (secondary N) is 1. The van der Waals surface area contributed by atoms with Gasteiger partial charge in [-0.1, -0.05) is 23.7 Å². The van der Waals surface area contributed by atoms with Crippen molar-refractivity contribution in [2.24, 2.45) is 0 Å². The van der Waals surface area contributed by atoms with Crippen LogP contribution in [-0.2, 0) is 19.6 Å². The van der Waals surface area contributed by atoms with Crippen LogP contribution in [0.2, 0.25) is 5.02 Å². The molecule has 4 heteroatoms. The van der Waals surface area contributed by atoms with Crippen LogP contribution < -0.4 is 5.32 Å². The van der Waals surface area contributed by atoms with Gasteiger partial charge in [0.2, 0.25) is 0 Å². The number of hydrogen-bond acceptors (Lipinski definition) is 3. The molecule has 0 amide bonds. The summed E-state index contributed by atoms with van der Waals surface area (Å²) in [6.45, 7) is 4.52. The van der Waals surface area contributed by atoms with Crippen molar-refractivity contribution in [3.05, 3.63) is 58.0 Å². The van der Waals surface area contributed by atoms with Gasteiger partial charge in [0.05, 0.1) is 13.1 Å². The summed E-state index contributed by atoms with van der Waals surface area (Å²) in [5.74, 6) is 2.02. The minimum atomic E-state index is 0.771. The Morgan fingerprint density at radius 2 is 1.90 bits per heavy atom. The highest BCUT2D eigenvalue weighted by Gasteiger charge is 2.09. The molecule has 0 aliphatic rings. The van der Waals surface area contributed by atoms with E-state index in [-0.39, 0.29) is 0 Å². The number of hydrogen-bond donors (Lipinski definition) is 1. The van der Waals surface area contributed by atoms with E-state index in [2.05, 4.69) is 42.4 Å². The van der Waals surface area contributed by atoms with Gasteiger partial charge in [-0.05, 0) is 50.3 Å². The zero-order valence-electron chi connectivity index (χ0n) is 12.2. The van der Waals surface area contributed by atoms with Crippen LogP contribution in [0.15, 0.2) is 34.7 Å². The van der Waals surface area contributed by atoms with Gasteiger partial charge in [-0.15, -0.1) is 0 Å². The Morgan fingerprint density at radius 3 is 2.55 bits per heavy atom. The molecule has 2 rings (SSSR count). The van der Waals surface area contributed by atoms with Gasteiger partial charge in [-0.3, -0.25) is 4.90 Å². The van der Waals surface area contributed by atoms with Crippen LogP contribution in [0.5, 0.6) is 0 Å². The smallest absolute Gasteiger partial charge is 0.120 e. The van der Waals surface area contributed by atoms with E-state index in [1.54, 1.807) is 0 Å². The van der Waals surface area contributed by atoms with Crippen LogP contribution >= 0.6 is 11.6 Å². The van der Waals surface area contributed by atoms with E-state index in [0.717, 1.165) is 36.2 Å². The van der Waals surface area contributed by atoms with Crippen molar-refractivity contribution in [2.75, 3.05) is 14.1 Å². The Morgan fingerprint density at radius 1 is 1.20 bits per heavy atom. The molecule has 2 aromatic rings. The molecule has 0 aliphatic carbocycles. The predicted octanol–water partition coefficient (Wildman–Crippen LogP) is 3.59. The lowest BCUT2D eigenvalue weighted by Gasteiger charge is -2.15. The molecule has 0 unspecified atom stereocenters. The van der Waals surface area contributed by atoms with E-state index >= 15 is 0 Å². The summed E-state index contributed by atoms with van der Waals surface area (Å²) in [6, 6.07) is 10.1. The van der Waals surface area contributed by atoms with Gasteiger partial charge in [0.25, 0.3) is 0 Å². The molecule has 0 saturated heterocycles. The highest BCUT2D eigenvalue weighted by atomic mass is 35.5. The first-order valence-electron chi connectivity index (χ1n) is 6.74. The largest absolute Gasteiger partial charge is 0.463 e. The van der Waals surface area contributed by atoms with E-state index in [1.165, 1.54) is 11.1 Å². The van der Waals surface area contributed by atoms with Crippen molar-refractivity contribution in [2.45, 2.75) is 26.6 Å². The second-order valence-corrected chi connectivity index (χ2v) is 5.58. The van der Waals surface area contributed by atoms with E-state index in [4.69, 9.17) is 16.0 Å². The standard InChI is InChI=1S/C16H21ClN2O/c1-12-8-15(20-16(12)9-18-2)11-19(3)10-13-4-6-14(17)7-5-13/h4-8,18H,9-11H2,1-3H3. The summed E-state index contributed by atoms with van der Waals surface area (Å²) >= 11 is 5.89. The first-order valence-corrected chi connectivity index (χ1v) is 7.12. The van der Waals surface area contributed by atoms with Crippen LogP contribution in [-0.4, -0.2) is 19.0 Å². The summed E-state index contributed by atoms with van der Waals surface area (Å²) in [7, 11) is 4.01. The van der Waals surface area contributed by atoms with E-state index in [1.807, 2.05) is 19.2 Å².